The summed E-state index contributed by atoms with van der Waals surface area (Å²) >= 11 is 0. The van der Waals surface area contributed by atoms with Crippen molar-refractivity contribution in [3.63, 3.8) is 0 Å². The average molecular weight is 438 g/mol. The summed E-state index contributed by atoms with van der Waals surface area (Å²) in [4.78, 5) is 11.6. The van der Waals surface area contributed by atoms with Crippen molar-refractivity contribution in [2.24, 2.45) is 0 Å². The molecular formula is C30H18N2O2. The highest BCUT2D eigenvalue weighted by atomic mass is 16.6. The molecule has 0 unspecified atom stereocenters. The van der Waals surface area contributed by atoms with Crippen molar-refractivity contribution in [3.05, 3.63) is 119 Å². The number of benzene rings is 5. The minimum Gasteiger partial charge on any atom is -0.307 e. The van der Waals surface area contributed by atoms with Crippen LogP contribution < -0.4 is 0 Å². The van der Waals surface area contributed by atoms with Gasteiger partial charge in [0.15, 0.2) is 0 Å². The minimum atomic E-state index is -0.297. The summed E-state index contributed by atoms with van der Waals surface area (Å²) in [5.41, 5.74) is 9.45. The van der Waals surface area contributed by atoms with Crippen LogP contribution in [0.5, 0.6) is 0 Å². The van der Waals surface area contributed by atoms with E-state index >= 15 is 0 Å². The summed E-state index contributed by atoms with van der Waals surface area (Å²) < 4.78 is 2.31. The van der Waals surface area contributed by atoms with E-state index < -0.39 is 0 Å². The number of fused-ring (bicyclic) bond motifs is 8. The molecule has 1 aliphatic heterocycles. The van der Waals surface area contributed by atoms with Crippen molar-refractivity contribution in [2.45, 2.75) is 0 Å². The third-order valence-corrected chi connectivity index (χ3v) is 6.85. The van der Waals surface area contributed by atoms with Crippen LogP contribution in [0.25, 0.3) is 60.9 Å². The van der Waals surface area contributed by atoms with Gasteiger partial charge in [0.1, 0.15) is 0 Å². The molecule has 6 aromatic rings. The number of nitro benzene ring substituents is 1. The van der Waals surface area contributed by atoms with Gasteiger partial charge in [-0.3, -0.25) is 10.1 Å². The average Bonchev–Trinajstić information content (AvgIpc) is 3.17. The molecule has 0 fully saturated rings. The first kappa shape index (κ1) is 18.8. The lowest BCUT2D eigenvalue weighted by Crippen LogP contribution is -1.98. The van der Waals surface area contributed by atoms with Crippen molar-refractivity contribution >= 4 is 27.5 Å². The summed E-state index contributed by atoms with van der Waals surface area (Å²) in [6.45, 7) is 0. The van der Waals surface area contributed by atoms with Gasteiger partial charge in [-0.1, -0.05) is 91.0 Å². The van der Waals surface area contributed by atoms with Gasteiger partial charge < -0.3 is 4.57 Å². The Hall–Kier alpha value is -4.70. The monoisotopic (exact) mass is 438 g/mol. The second-order valence-electron chi connectivity index (χ2n) is 8.58. The number of hydrogen-bond acceptors (Lipinski definition) is 2. The van der Waals surface area contributed by atoms with Crippen molar-refractivity contribution in [1.29, 1.82) is 0 Å². The van der Waals surface area contributed by atoms with Gasteiger partial charge in [-0.15, -0.1) is 0 Å². The van der Waals surface area contributed by atoms with Gasteiger partial charge in [0.25, 0.3) is 5.69 Å². The first-order valence-corrected chi connectivity index (χ1v) is 11.2. The van der Waals surface area contributed by atoms with E-state index in [1.165, 1.54) is 11.1 Å². The third-order valence-electron chi connectivity index (χ3n) is 6.85. The molecule has 4 heteroatoms. The van der Waals surface area contributed by atoms with E-state index in [9.17, 15) is 10.1 Å². The summed E-state index contributed by atoms with van der Waals surface area (Å²) in [7, 11) is 0. The number of rotatable bonds is 2. The Bertz CT molecular complexity index is 1800. The molecule has 4 nitrogen and oxygen atoms in total. The summed E-state index contributed by atoms with van der Waals surface area (Å²) in [6.07, 6.45) is 0. The van der Waals surface area contributed by atoms with Gasteiger partial charge in [-0.25, -0.2) is 0 Å². The molecule has 1 aromatic heterocycles. The smallest absolute Gasteiger partial charge is 0.277 e. The summed E-state index contributed by atoms with van der Waals surface area (Å²) in [5, 5.41) is 14.1. The van der Waals surface area contributed by atoms with Crippen LogP contribution in [0.2, 0.25) is 0 Å². The van der Waals surface area contributed by atoms with Crippen molar-refractivity contribution < 1.29 is 4.92 Å². The van der Waals surface area contributed by atoms with Crippen LogP contribution >= 0.6 is 0 Å². The molecule has 0 N–H and O–H groups in total. The highest BCUT2D eigenvalue weighted by molar-refractivity contribution is 6.19. The Morgan fingerprint density at radius 2 is 0.971 bits per heavy atom. The summed E-state index contributed by atoms with van der Waals surface area (Å²) in [5.74, 6) is 0. The maximum Gasteiger partial charge on any atom is 0.277 e. The molecule has 0 atom stereocenters. The molecule has 0 saturated heterocycles. The molecule has 2 heterocycles. The second kappa shape index (κ2) is 6.90. The Morgan fingerprint density at radius 3 is 1.62 bits per heavy atom. The van der Waals surface area contributed by atoms with Crippen molar-refractivity contribution in [2.75, 3.05) is 0 Å². The maximum atomic E-state index is 11.9. The normalized spacial score (nSPS) is 11.8. The standard InChI is InChI=1S/C30H18N2O2/c33-32(34)28-18-6-4-12-22(28)24-14-8-16-26-25-15-7-13-23-20-10-2-1-9-19(20)21-11-3-5-17-27(21)31(29(23)25)30(24)26/h1-18H. The van der Waals surface area contributed by atoms with Crippen molar-refractivity contribution in [3.8, 4) is 39.1 Å². The summed E-state index contributed by atoms with van der Waals surface area (Å²) in [6, 6.07) is 36.5. The Labute approximate surface area is 195 Å². The molecule has 0 saturated carbocycles. The number of para-hydroxylation sites is 4. The number of aromatic nitrogens is 1. The fraction of sp³-hybridized carbons (Fsp3) is 0. The molecule has 0 radical (unpaired) electrons. The quantitative estimate of drug-likeness (QED) is 0.203. The van der Waals surface area contributed by atoms with Crippen LogP contribution in [0.3, 0.4) is 0 Å². The third kappa shape index (κ3) is 2.42. The molecule has 0 spiro atoms. The molecule has 0 amide bonds. The zero-order valence-corrected chi connectivity index (χ0v) is 18.1. The molecule has 0 aliphatic carbocycles. The number of hydrogen-bond donors (Lipinski definition) is 0. The Kier molecular flexibility index (Phi) is 3.82. The highest BCUT2D eigenvalue weighted by Crippen LogP contribution is 2.48. The molecular weight excluding hydrogens is 420 g/mol. The minimum absolute atomic E-state index is 0.110. The fourth-order valence-electron chi connectivity index (χ4n) is 5.50. The number of nitro groups is 1. The lowest BCUT2D eigenvalue weighted by atomic mass is 9.93. The lowest BCUT2D eigenvalue weighted by molar-refractivity contribution is -0.384. The van der Waals surface area contributed by atoms with E-state index in [1.54, 1.807) is 12.1 Å². The van der Waals surface area contributed by atoms with E-state index in [0.29, 0.717) is 5.56 Å². The van der Waals surface area contributed by atoms with Gasteiger partial charge in [-0.2, -0.15) is 0 Å². The first-order valence-electron chi connectivity index (χ1n) is 11.2. The fourth-order valence-corrected chi connectivity index (χ4v) is 5.50. The number of nitrogens with zero attached hydrogens (tertiary/aromatic N) is 2. The zero-order chi connectivity index (χ0) is 22.8. The molecule has 34 heavy (non-hydrogen) atoms. The SMILES string of the molecule is O=[N+]([O-])c1ccccc1-c1cccc2c3cccc4c3n(c12)-c1ccccc1-c1ccccc1-4. The van der Waals surface area contributed by atoms with Crippen LogP contribution in [0.1, 0.15) is 0 Å². The zero-order valence-electron chi connectivity index (χ0n) is 18.1. The molecule has 160 valence electrons. The van der Waals surface area contributed by atoms with E-state index in [4.69, 9.17) is 0 Å². The Balaban J connectivity index is 1.75. The van der Waals surface area contributed by atoms with E-state index in [-0.39, 0.29) is 10.6 Å². The molecule has 1 aliphatic rings. The van der Waals surface area contributed by atoms with Gasteiger partial charge in [0.05, 0.1) is 27.2 Å². The Morgan fingerprint density at radius 1 is 0.500 bits per heavy atom. The molecule has 5 aromatic carbocycles. The van der Waals surface area contributed by atoms with Gasteiger partial charge >= 0.3 is 0 Å². The van der Waals surface area contributed by atoms with Crippen molar-refractivity contribution in [1.82, 2.24) is 4.57 Å². The first-order chi connectivity index (χ1) is 16.7. The van der Waals surface area contributed by atoms with Crippen LogP contribution in [-0.4, -0.2) is 9.49 Å². The van der Waals surface area contributed by atoms with E-state index in [0.717, 1.165) is 44.2 Å². The van der Waals surface area contributed by atoms with E-state index in [1.807, 2.05) is 24.3 Å². The molecule has 0 bridgehead atoms. The predicted octanol–water partition coefficient (Wildman–Crippen LogP) is 8.01. The van der Waals surface area contributed by atoms with Gasteiger partial charge in [0.2, 0.25) is 0 Å². The molecule has 7 rings (SSSR count). The van der Waals surface area contributed by atoms with Crippen LogP contribution in [0.4, 0.5) is 5.69 Å². The maximum absolute atomic E-state index is 11.9. The van der Waals surface area contributed by atoms with E-state index in [2.05, 4.69) is 77.4 Å². The topological polar surface area (TPSA) is 48.1 Å². The van der Waals surface area contributed by atoms with Gasteiger partial charge in [-0.05, 0) is 23.3 Å². The second-order valence-corrected chi connectivity index (χ2v) is 8.58. The van der Waals surface area contributed by atoms with Crippen LogP contribution in [0, 0.1) is 10.1 Å². The van der Waals surface area contributed by atoms with Crippen LogP contribution in [-0.2, 0) is 0 Å². The predicted molar refractivity (Wildman–Crippen MR) is 137 cm³/mol. The van der Waals surface area contributed by atoms with Gasteiger partial charge in [0, 0.05) is 33.5 Å². The largest absolute Gasteiger partial charge is 0.307 e. The van der Waals surface area contributed by atoms with Crippen LogP contribution in [0.15, 0.2) is 109 Å². The highest BCUT2D eigenvalue weighted by Gasteiger charge is 2.26. The lowest BCUT2D eigenvalue weighted by Gasteiger charge is -2.14.